The Morgan fingerprint density at radius 2 is 1.64 bits per heavy atom. The maximum absolute atomic E-state index is 12.5. The highest BCUT2D eigenvalue weighted by atomic mass is 16.6. The highest BCUT2D eigenvalue weighted by Crippen LogP contribution is 2.28. The van der Waals surface area contributed by atoms with Gasteiger partial charge in [-0.3, -0.25) is 4.79 Å². The van der Waals surface area contributed by atoms with Crippen LogP contribution in [0.1, 0.15) is 38.2 Å². The Morgan fingerprint density at radius 3 is 2.30 bits per heavy atom. The van der Waals surface area contributed by atoms with Gasteiger partial charge < -0.3 is 23.7 Å². The number of rotatable bonds is 13. The average Bonchev–Trinajstić information content (AvgIpc) is 2.83. The van der Waals surface area contributed by atoms with Crippen molar-refractivity contribution in [2.24, 2.45) is 5.92 Å². The van der Waals surface area contributed by atoms with E-state index in [0.717, 1.165) is 24.5 Å². The van der Waals surface area contributed by atoms with E-state index >= 15 is 0 Å². The van der Waals surface area contributed by atoms with Crippen LogP contribution >= 0.6 is 0 Å². The van der Waals surface area contributed by atoms with Gasteiger partial charge in [-0.2, -0.15) is 0 Å². The van der Waals surface area contributed by atoms with Crippen LogP contribution in [0.5, 0.6) is 5.75 Å². The van der Waals surface area contributed by atoms with Gasteiger partial charge in [-0.25, -0.2) is 9.59 Å². The molecule has 1 aromatic carbocycles. The van der Waals surface area contributed by atoms with Gasteiger partial charge in [0.05, 0.1) is 38.4 Å². The van der Waals surface area contributed by atoms with Crippen LogP contribution in [0.25, 0.3) is 6.08 Å². The fourth-order valence-corrected chi connectivity index (χ4v) is 3.30. The van der Waals surface area contributed by atoms with Gasteiger partial charge in [0, 0.05) is 12.2 Å². The minimum atomic E-state index is -0.467. The topological polar surface area (TPSA) is 97.4 Å². The summed E-state index contributed by atoms with van der Waals surface area (Å²) in [6, 6.07) is 6.95. The Labute approximate surface area is 194 Å². The van der Waals surface area contributed by atoms with Gasteiger partial charge in [0.25, 0.3) is 0 Å². The molecule has 0 N–H and O–H groups in total. The SMILES string of the molecule is C=CC(=O)OCCOCCOC1CCC(C(=O)Oc2ccc(/C=C/C(=O)OCC)cc2)CC1. The Bertz CT molecular complexity index is 791. The molecule has 1 aliphatic rings. The van der Waals surface area contributed by atoms with Crippen LogP contribution in [0.2, 0.25) is 0 Å². The zero-order chi connectivity index (χ0) is 23.9. The molecule has 0 radical (unpaired) electrons. The minimum absolute atomic E-state index is 0.0988. The van der Waals surface area contributed by atoms with E-state index in [1.807, 2.05) is 0 Å². The summed E-state index contributed by atoms with van der Waals surface area (Å²) in [5.74, 6) is -0.774. The number of ether oxygens (including phenoxy) is 5. The number of benzene rings is 1. The van der Waals surface area contributed by atoms with Crippen LogP contribution < -0.4 is 4.74 Å². The lowest BCUT2D eigenvalue weighted by molar-refractivity contribution is -0.141. The molecule has 0 spiro atoms. The number of carbonyl (C=O) groups is 3. The Morgan fingerprint density at radius 1 is 0.939 bits per heavy atom. The lowest BCUT2D eigenvalue weighted by Crippen LogP contribution is -2.29. The average molecular weight is 461 g/mol. The van der Waals surface area contributed by atoms with Crippen LogP contribution in [0.15, 0.2) is 43.0 Å². The van der Waals surface area contributed by atoms with Crippen LogP contribution in [-0.2, 0) is 33.3 Å². The molecule has 0 saturated heterocycles. The van der Waals surface area contributed by atoms with E-state index in [9.17, 15) is 14.4 Å². The van der Waals surface area contributed by atoms with Gasteiger partial charge in [-0.1, -0.05) is 18.7 Å². The largest absolute Gasteiger partial charge is 0.463 e. The molecule has 1 saturated carbocycles. The van der Waals surface area contributed by atoms with Crippen molar-refractivity contribution in [1.82, 2.24) is 0 Å². The molecule has 0 heterocycles. The van der Waals surface area contributed by atoms with E-state index in [1.165, 1.54) is 6.08 Å². The Kier molecular flexibility index (Phi) is 11.9. The first-order valence-corrected chi connectivity index (χ1v) is 11.2. The molecule has 0 unspecified atom stereocenters. The third-order valence-electron chi connectivity index (χ3n) is 5.02. The lowest BCUT2D eigenvalue weighted by Gasteiger charge is -2.27. The van der Waals surface area contributed by atoms with Crippen molar-refractivity contribution in [3.63, 3.8) is 0 Å². The summed E-state index contributed by atoms with van der Waals surface area (Å²) in [6.07, 6.45) is 7.21. The summed E-state index contributed by atoms with van der Waals surface area (Å²) in [7, 11) is 0. The predicted octanol–water partition coefficient (Wildman–Crippen LogP) is 3.49. The van der Waals surface area contributed by atoms with Crippen molar-refractivity contribution in [2.45, 2.75) is 38.7 Å². The summed E-state index contributed by atoms with van der Waals surface area (Å²) in [6.45, 7) is 6.76. The third kappa shape index (κ3) is 10.5. The summed E-state index contributed by atoms with van der Waals surface area (Å²) in [5, 5.41) is 0. The molecule has 1 aromatic rings. The third-order valence-corrected chi connectivity index (χ3v) is 5.02. The van der Waals surface area contributed by atoms with Crippen molar-refractivity contribution in [3.8, 4) is 5.75 Å². The van der Waals surface area contributed by atoms with E-state index in [1.54, 1.807) is 37.3 Å². The van der Waals surface area contributed by atoms with E-state index < -0.39 is 11.9 Å². The molecule has 8 nitrogen and oxygen atoms in total. The standard InChI is InChI=1S/C25H32O8/c1-3-23(26)32-18-16-29-15-17-31-21-12-8-20(9-13-21)25(28)33-22-10-5-19(6-11-22)7-14-24(27)30-4-2/h3,5-7,10-11,14,20-21H,1,4,8-9,12-13,15-18H2,2H3/b14-7+. The molecule has 180 valence electrons. The summed E-state index contributed by atoms with van der Waals surface area (Å²) in [4.78, 5) is 34.7. The molecular weight excluding hydrogens is 428 g/mol. The number of hydrogen-bond acceptors (Lipinski definition) is 8. The molecule has 33 heavy (non-hydrogen) atoms. The van der Waals surface area contributed by atoms with Crippen molar-refractivity contribution >= 4 is 24.0 Å². The normalized spacial score (nSPS) is 18.0. The fourth-order valence-electron chi connectivity index (χ4n) is 3.30. The summed E-state index contributed by atoms with van der Waals surface area (Å²) >= 11 is 0. The van der Waals surface area contributed by atoms with Crippen molar-refractivity contribution in [1.29, 1.82) is 0 Å². The molecule has 1 aliphatic carbocycles. The number of hydrogen-bond donors (Lipinski definition) is 0. The first-order valence-electron chi connectivity index (χ1n) is 11.2. The maximum atomic E-state index is 12.5. The van der Waals surface area contributed by atoms with Crippen LogP contribution in [0.4, 0.5) is 0 Å². The zero-order valence-corrected chi connectivity index (χ0v) is 19.0. The van der Waals surface area contributed by atoms with E-state index in [-0.39, 0.29) is 24.6 Å². The fraction of sp³-hybridized carbons (Fsp3) is 0.480. The molecule has 0 atom stereocenters. The van der Waals surface area contributed by atoms with Crippen molar-refractivity contribution < 1.29 is 38.1 Å². The first kappa shape index (κ1) is 26.3. The van der Waals surface area contributed by atoms with E-state index in [2.05, 4.69) is 6.58 Å². The predicted molar refractivity (Wildman–Crippen MR) is 121 cm³/mol. The maximum Gasteiger partial charge on any atom is 0.330 e. The molecule has 2 rings (SSSR count). The smallest absolute Gasteiger partial charge is 0.330 e. The van der Waals surface area contributed by atoms with Gasteiger partial charge in [-0.05, 0) is 56.4 Å². The molecule has 0 aromatic heterocycles. The Balaban J connectivity index is 1.61. The Hall–Kier alpha value is -2.97. The molecule has 8 heteroatoms. The van der Waals surface area contributed by atoms with Gasteiger partial charge in [-0.15, -0.1) is 0 Å². The second-order valence-electron chi connectivity index (χ2n) is 7.40. The van der Waals surface area contributed by atoms with Crippen LogP contribution in [0, 0.1) is 5.92 Å². The van der Waals surface area contributed by atoms with Crippen LogP contribution in [0.3, 0.4) is 0 Å². The molecule has 0 aliphatic heterocycles. The number of esters is 3. The monoisotopic (exact) mass is 460 g/mol. The van der Waals surface area contributed by atoms with Crippen LogP contribution in [-0.4, -0.2) is 57.0 Å². The highest BCUT2D eigenvalue weighted by Gasteiger charge is 2.28. The molecule has 0 bridgehead atoms. The molecule has 1 fully saturated rings. The summed E-state index contributed by atoms with van der Waals surface area (Å²) in [5.41, 5.74) is 0.808. The van der Waals surface area contributed by atoms with Crippen molar-refractivity contribution in [3.05, 3.63) is 48.6 Å². The minimum Gasteiger partial charge on any atom is -0.463 e. The van der Waals surface area contributed by atoms with Gasteiger partial charge in [0.2, 0.25) is 0 Å². The summed E-state index contributed by atoms with van der Waals surface area (Å²) < 4.78 is 26.3. The molecular formula is C25H32O8. The van der Waals surface area contributed by atoms with E-state index in [4.69, 9.17) is 23.7 Å². The van der Waals surface area contributed by atoms with Gasteiger partial charge >= 0.3 is 17.9 Å². The highest BCUT2D eigenvalue weighted by molar-refractivity contribution is 5.87. The van der Waals surface area contributed by atoms with Crippen molar-refractivity contribution in [2.75, 3.05) is 33.0 Å². The number of carbonyl (C=O) groups excluding carboxylic acids is 3. The lowest BCUT2D eigenvalue weighted by atomic mass is 9.87. The second kappa shape index (κ2) is 15.0. The zero-order valence-electron chi connectivity index (χ0n) is 19.0. The first-order chi connectivity index (χ1) is 16.0. The van der Waals surface area contributed by atoms with E-state index in [0.29, 0.717) is 45.0 Å². The second-order valence-corrected chi connectivity index (χ2v) is 7.40. The quantitative estimate of drug-likeness (QED) is 0.191. The van der Waals surface area contributed by atoms with Gasteiger partial charge in [0.15, 0.2) is 0 Å². The molecule has 0 amide bonds. The van der Waals surface area contributed by atoms with Gasteiger partial charge in [0.1, 0.15) is 12.4 Å².